The Morgan fingerprint density at radius 2 is 2.20 bits per heavy atom. The molecule has 0 aromatic heterocycles. The quantitative estimate of drug-likeness (QED) is 0.899. The number of hydrogen-bond acceptors (Lipinski definition) is 3. The summed E-state index contributed by atoms with van der Waals surface area (Å²) >= 11 is 0. The van der Waals surface area contributed by atoms with Gasteiger partial charge in [-0.15, -0.1) is 12.4 Å². The van der Waals surface area contributed by atoms with Crippen LogP contribution in [-0.4, -0.2) is 25.6 Å². The van der Waals surface area contributed by atoms with Crippen LogP contribution >= 0.6 is 12.4 Å². The molecule has 1 aromatic carbocycles. The van der Waals surface area contributed by atoms with Crippen molar-refractivity contribution in [1.82, 2.24) is 5.32 Å². The van der Waals surface area contributed by atoms with Gasteiger partial charge in [-0.25, -0.2) is 0 Å². The van der Waals surface area contributed by atoms with Crippen LogP contribution in [0.4, 0.5) is 5.69 Å². The van der Waals surface area contributed by atoms with Crippen molar-refractivity contribution in [2.45, 2.75) is 39.2 Å². The number of anilines is 1. The second-order valence-electron chi connectivity index (χ2n) is 5.13. The molecule has 112 valence electrons. The molecule has 0 aliphatic carbocycles. The van der Waals surface area contributed by atoms with E-state index < -0.39 is 0 Å². The second kappa shape index (κ2) is 7.50. The number of hydrogen-bond donors (Lipinski definition) is 2. The van der Waals surface area contributed by atoms with E-state index in [9.17, 15) is 4.79 Å². The number of rotatable bonds is 4. The minimum absolute atomic E-state index is 0. The van der Waals surface area contributed by atoms with Gasteiger partial charge in [-0.1, -0.05) is 6.07 Å². The fraction of sp³-hybridized carbons (Fsp3) is 0.533. The van der Waals surface area contributed by atoms with Gasteiger partial charge in [-0.3, -0.25) is 4.79 Å². The van der Waals surface area contributed by atoms with Crippen LogP contribution in [0.5, 0.6) is 5.75 Å². The molecule has 0 saturated carbocycles. The number of aryl methyl sites for hydroxylation is 1. The number of benzene rings is 1. The Kier molecular flexibility index (Phi) is 6.30. The molecule has 1 saturated heterocycles. The largest absolute Gasteiger partial charge is 0.496 e. The van der Waals surface area contributed by atoms with E-state index in [1.54, 1.807) is 7.11 Å². The maximum Gasteiger partial charge on any atom is 0.225 e. The maximum atomic E-state index is 12.0. The molecule has 1 fully saturated rings. The standard InChI is InChI=1S/C15H22N2O2.ClH/c1-10-6-7-13(11(2)15(10)19-3)17-14(18)9-12-5-4-8-16-12;/h6-7,12,16H,4-5,8-9H2,1-3H3,(H,17,18);1H. The van der Waals surface area contributed by atoms with Crippen molar-refractivity contribution in [1.29, 1.82) is 0 Å². The van der Waals surface area contributed by atoms with Gasteiger partial charge in [0.1, 0.15) is 5.75 Å². The highest BCUT2D eigenvalue weighted by Gasteiger charge is 2.18. The number of halogens is 1. The number of amides is 1. The van der Waals surface area contributed by atoms with Crippen LogP contribution in [0.3, 0.4) is 0 Å². The molecule has 2 N–H and O–H groups in total. The van der Waals surface area contributed by atoms with Gasteiger partial charge >= 0.3 is 0 Å². The van der Waals surface area contributed by atoms with Crippen LogP contribution in [0.2, 0.25) is 0 Å². The van der Waals surface area contributed by atoms with E-state index in [-0.39, 0.29) is 18.3 Å². The summed E-state index contributed by atoms with van der Waals surface area (Å²) in [5.41, 5.74) is 2.90. The zero-order chi connectivity index (χ0) is 13.8. The molecule has 4 nitrogen and oxygen atoms in total. The Hall–Kier alpha value is -1.26. The highest BCUT2D eigenvalue weighted by molar-refractivity contribution is 5.92. The van der Waals surface area contributed by atoms with Gasteiger partial charge in [0.2, 0.25) is 5.91 Å². The van der Waals surface area contributed by atoms with Crippen LogP contribution < -0.4 is 15.4 Å². The summed E-state index contributed by atoms with van der Waals surface area (Å²) in [6.07, 6.45) is 2.79. The van der Waals surface area contributed by atoms with E-state index in [0.717, 1.165) is 42.0 Å². The zero-order valence-electron chi connectivity index (χ0n) is 12.3. The highest BCUT2D eigenvalue weighted by atomic mass is 35.5. The summed E-state index contributed by atoms with van der Waals surface area (Å²) < 4.78 is 5.37. The zero-order valence-corrected chi connectivity index (χ0v) is 13.1. The van der Waals surface area contributed by atoms with Crippen molar-refractivity contribution in [2.75, 3.05) is 19.0 Å². The molecule has 0 spiro atoms. The summed E-state index contributed by atoms with van der Waals surface area (Å²) in [5, 5.41) is 6.31. The Bertz CT molecular complexity index is 471. The third kappa shape index (κ3) is 3.87. The van der Waals surface area contributed by atoms with E-state index in [1.165, 1.54) is 0 Å². The van der Waals surface area contributed by atoms with E-state index in [4.69, 9.17) is 4.74 Å². The van der Waals surface area contributed by atoms with Crippen molar-refractivity contribution >= 4 is 24.0 Å². The second-order valence-corrected chi connectivity index (χ2v) is 5.13. The van der Waals surface area contributed by atoms with Crippen molar-refractivity contribution in [2.24, 2.45) is 0 Å². The fourth-order valence-corrected chi connectivity index (χ4v) is 2.63. The number of nitrogens with one attached hydrogen (secondary N) is 2. The predicted molar refractivity (Wildman–Crippen MR) is 84.0 cm³/mol. The van der Waals surface area contributed by atoms with E-state index in [0.29, 0.717) is 12.5 Å². The Labute approximate surface area is 126 Å². The topological polar surface area (TPSA) is 50.4 Å². The maximum absolute atomic E-state index is 12.0. The first-order valence-electron chi connectivity index (χ1n) is 6.79. The van der Waals surface area contributed by atoms with Crippen molar-refractivity contribution in [3.8, 4) is 5.75 Å². The van der Waals surface area contributed by atoms with Gasteiger partial charge in [0.25, 0.3) is 0 Å². The SMILES string of the molecule is COc1c(C)ccc(NC(=O)CC2CCCN2)c1C.Cl. The molecule has 20 heavy (non-hydrogen) atoms. The molecule has 1 aliphatic rings. The van der Waals surface area contributed by atoms with Gasteiger partial charge in [0, 0.05) is 23.7 Å². The fourth-order valence-electron chi connectivity index (χ4n) is 2.63. The molecule has 1 unspecified atom stereocenters. The minimum atomic E-state index is 0. The summed E-state index contributed by atoms with van der Waals surface area (Å²) in [6.45, 7) is 4.99. The van der Waals surface area contributed by atoms with Crippen LogP contribution in [-0.2, 0) is 4.79 Å². The summed E-state index contributed by atoms with van der Waals surface area (Å²) in [6, 6.07) is 4.23. The van der Waals surface area contributed by atoms with Crippen LogP contribution in [0.15, 0.2) is 12.1 Å². The van der Waals surface area contributed by atoms with Crippen molar-refractivity contribution in [3.63, 3.8) is 0 Å². The summed E-state index contributed by atoms with van der Waals surface area (Å²) in [4.78, 5) is 12.0. The molecule has 1 aliphatic heterocycles. The van der Waals surface area contributed by atoms with Gasteiger partial charge in [-0.05, 0) is 44.9 Å². The normalized spacial score (nSPS) is 17.4. The average molecular weight is 299 g/mol. The van der Waals surface area contributed by atoms with Gasteiger partial charge in [0.15, 0.2) is 0 Å². The molecule has 1 amide bonds. The first-order valence-corrected chi connectivity index (χ1v) is 6.79. The lowest BCUT2D eigenvalue weighted by molar-refractivity contribution is -0.116. The van der Waals surface area contributed by atoms with E-state index in [1.807, 2.05) is 26.0 Å². The van der Waals surface area contributed by atoms with Gasteiger partial charge in [0.05, 0.1) is 7.11 Å². The highest BCUT2D eigenvalue weighted by Crippen LogP contribution is 2.29. The van der Waals surface area contributed by atoms with Crippen LogP contribution in [0.25, 0.3) is 0 Å². The monoisotopic (exact) mass is 298 g/mol. The smallest absolute Gasteiger partial charge is 0.225 e. The average Bonchev–Trinajstić information content (AvgIpc) is 2.86. The number of ether oxygens (including phenoxy) is 1. The Morgan fingerprint density at radius 1 is 1.45 bits per heavy atom. The third-order valence-electron chi connectivity index (χ3n) is 3.68. The molecule has 1 aromatic rings. The van der Waals surface area contributed by atoms with Gasteiger partial charge in [-0.2, -0.15) is 0 Å². The number of methoxy groups -OCH3 is 1. The molecular formula is C15H23ClN2O2. The Morgan fingerprint density at radius 3 is 2.80 bits per heavy atom. The lowest BCUT2D eigenvalue weighted by Crippen LogP contribution is -2.27. The van der Waals surface area contributed by atoms with Crippen LogP contribution in [0.1, 0.15) is 30.4 Å². The molecule has 1 heterocycles. The summed E-state index contributed by atoms with van der Waals surface area (Å²) in [5.74, 6) is 0.908. The van der Waals surface area contributed by atoms with Crippen LogP contribution in [0, 0.1) is 13.8 Å². The van der Waals surface area contributed by atoms with E-state index in [2.05, 4.69) is 10.6 Å². The summed E-state index contributed by atoms with van der Waals surface area (Å²) in [7, 11) is 1.66. The first-order chi connectivity index (χ1) is 9.11. The third-order valence-corrected chi connectivity index (χ3v) is 3.68. The lowest BCUT2D eigenvalue weighted by Gasteiger charge is -2.15. The molecular weight excluding hydrogens is 276 g/mol. The van der Waals surface area contributed by atoms with E-state index >= 15 is 0 Å². The van der Waals surface area contributed by atoms with Gasteiger partial charge < -0.3 is 15.4 Å². The first kappa shape index (κ1) is 16.8. The molecule has 5 heteroatoms. The molecule has 1 atom stereocenters. The molecule has 0 radical (unpaired) electrons. The minimum Gasteiger partial charge on any atom is -0.496 e. The predicted octanol–water partition coefficient (Wildman–Crippen LogP) is 2.81. The van der Waals surface area contributed by atoms with Crippen molar-refractivity contribution in [3.05, 3.63) is 23.3 Å². The number of carbonyl (C=O) groups excluding carboxylic acids is 1. The molecule has 2 rings (SSSR count). The Balaban J connectivity index is 0.00000200. The number of carbonyl (C=O) groups is 1. The van der Waals surface area contributed by atoms with Crippen molar-refractivity contribution < 1.29 is 9.53 Å². The lowest BCUT2D eigenvalue weighted by atomic mass is 10.1. The molecule has 0 bridgehead atoms.